The highest BCUT2D eigenvalue weighted by molar-refractivity contribution is 5.67. The molecule has 0 amide bonds. The molecule has 1 N–H and O–H groups in total. The molecule has 2 heterocycles. The molecule has 0 aliphatic heterocycles. The molecule has 194 valence electrons. The number of hydrogen-bond donors (Lipinski definition) is 1. The number of ether oxygens (including phenoxy) is 3. The minimum atomic E-state index is -4.46. The molecule has 11 heteroatoms. The number of aromatic nitrogens is 3. The summed E-state index contributed by atoms with van der Waals surface area (Å²) in [6.07, 6.45) is -0.601. The van der Waals surface area contributed by atoms with Crippen molar-refractivity contribution in [3.63, 3.8) is 0 Å². The molecular formula is C25H28F3N3O5. The second-order valence-electron chi connectivity index (χ2n) is 7.79. The molecule has 0 saturated heterocycles. The van der Waals surface area contributed by atoms with E-state index in [2.05, 4.69) is 10.1 Å². The third-order valence-corrected chi connectivity index (χ3v) is 5.14. The van der Waals surface area contributed by atoms with Crippen LogP contribution in [0.3, 0.4) is 0 Å². The normalized spacial score (nSPS) is 11.4. The van der Waals surface area contributed by atoms with Crippen molar-refractivity contribution in [2.45, 2.75) is 45.7 Å². The van der Waals surface area contributed by atoms with Crippen LogP contribution in [0, 0.1) is 0 Å². The summed E-state index contributed by atoms with van der Waals surface area (Å²) in [6, 6.07) is 7.54. The average molecular weight is 508 g/mol. The fraction of sp³-hybridized carbons (Fsp3) is 0.400. The Morgan fingerprint density at radius 2 is 1.81 bits per heavy atom. The molecule has 1 aromatic carbocycles. The van der Waals surface area contributed by atoms with Crippen molar-refractivity contribution in [1.82, 2.24) is 14.8 Å². The van der Waals surface area contributed by atoms with E-state index < -0.39 is 17.7 Å². The lowest BCUT2D eigenvalue weighted by atomic mass is 10.1. The van der Waals surface area contributed by atoms with Crippen LogP contribution >= 0.6 is 0 Å². The molecule has 0 fully saturated rings. The maximum atomic E-state index is 12.8. The van der Waals surface area contributed by atoms with Gasteiger partial charge in [0.25, 0.3) is 0 Å². The second kappa shape index (κ2) is 12.3. The molecule has 0 atom stereocenters. The molecule has 8 nitrogen and oxygen atoms in total. The summed E-state index contributed by atoms with van der Waals surface area (Å²) in [6.45, 7) is 4.90. The van der Waals surface area contributed by atoms with Gasteiger partial charge in [-0.15, -0.1) is 5.10 Å². The number of aliphatic carboxylic acids is 1. The van der Waals surface area contributed by atoms with E-state index in [4.69, 9.17) is 19.3 Å². The van der Waals surface area contributed by atoms with Crippen LogP contribution in [0.5, 0.6) is 17.4 Å². The molecule has 3 aromatic rings. The van der Waals surface area contributed by atoms with Gasteiger partial charge in [0.1, 0.15) is 11.5 Å². The number of hydrogen-bond acceptors (Lipinski definition) is 6. The van der Waals surface area contributed by atoms with Crippen molar-refractivity contribution in [3.8, 4) is 23.2 Å². The van der Waals surface area contributed by atoms with Crippen LogP contribution in [0.4, 0.5) is 13.2 Å². The third-order valence-electron chi connectivity index (χ3n) is 5.14. The fourth-order valence-electron chi connectivity index (χ4n) is 3.46. The van der Waals surface area contributed by atoms with E-state index >= 15 is 0 Å². The molecule has 0 aliphatic carbocycles. The molecule has 0 bridgehead atoms. The van der Waals surface area contributed by atoms with Crippen LogP contribution in [0.1, 0.15) is 43.4 Å². The summed E-state index contributed by atoms with van der Waals surface area (Å²) < 4.78 is 56.9. The number of carboxylic acids is 1. The van der Waals surface area contributed by atoms with E-state index in [9.17, 15) is 18.0 Å². The lowest BCUT2D eigenvalue weighted by Gasteiger charge is -2.13. The van der Waals surface area contributed by atoms with Gasteiger partial charge in [-0.25, -0.2) is 9.67 Å². The molecule has 0 unspecified atom stereocenters. The van der Waals surface area contributed by atoms with Crippen LogP contribution in [0.25, 0.3) is 5.82 Å². The number of alkyl halides is 3. The van der Waals surface area contributed by atoms with Gasteiger partial charge in [0.2, 0.25) is 5.88 Å². The first kappa shape index (κ1) is 26.8. The molecule has 3 rings (SSSR count). The summed E-state index contributed by atoms with van der Waals surface area (Å²) >= 11 is 0. The number of carboxylic acid groups (broad SMARTS) is 1. The Bertz CT molecular complexity index is 1150. The van der Waals surface area contributed by atoms with Crippen molar-refractivity contribution >= 4 is 5.97 Å². The van der Waals surface area contributed by atoms with Gasteiger partial charge in [-0.3, -0.25) is 4.79 Å². The van der Waals surface area contributed by atoms with Crippen LogP contribution in [0.15, 0.2) is 42.7 Å². The zero-order valence-corrected chi connectivity index (χ0v) is 20.0. The summed E-state index contributed by atoms with van der Waals surface area (Å²) in [7, 11) is 0. The molecule has 2 aromatic heterocycles. The Morgan fingerprint density at radius 3 is 2.44 bits per heavy atom. The van der Waals surface area contributed by atoms with Crippen molar-refractivity contribution in [2.24, 2.45) is 0 Å². The molecule has 0 aliphatic rings. The minimum Gasteiger partial charge on any atom is -0.494 e. The maximum absolute atomic E-state index is 12.8. The Balaban J connectivity index is 1.66. The number of halogens is 3. The first-order valence-electron chi connectivity index (χ1n) is 11.6. The molecule has 0 saturated carbocycles. The number of aryl methyl sites for hydroxylation is 2. The van der Waals surface area contributed by atoms with Crippen molar-refractivity contribution in [2.75, 3.05) is 19.8 Å². The van der Waals surface area contributed by atoms with Gasteiger partial charge >= 0.3 is 12.1 Å². The largest absolute Gasteiger partial charge is 0.494 e. The highest BCUT2D eigenvalue weighted by Crippen LogP contribution is 2.29. The number of nitrogens with zero attached hydrogens (tertiary/aromatic N) is 3. The average Bonchev–Trinajstić information content (AvgIpc) is 3.24. The topological polar surface area (TPSA) is 95.7 Å². The summed E-state index contributed by atoms with van der Waals surface area (Å²) in [5.74, 6) is 0.961. The first-order valence-corrected chi connectivity index (χ1v) is 11.6. The SMILES string of the molecule is CCOc1ccc(OCCCc2cn(-c3ccc(C(F)(F)F)cn3)nc2OCC)c(CCC(=O)O)c1. The zero-order valence-electron chi connectivity index (χ0n) is 20.0. The highest BCUT2D eigenvalue weighted by Gasteiger charge is 2.30. The molecule has 0 radical (unpaired) electrons. The monoisotopic (exact) mass is 507 g/mol. The Labute approximate surface area is 206 Å². The lowest BCUT2D eigenvalue weighted by Crippen LogP contribution is -2.07. The van der Waals surface area contributed by atoms with E-state index in [0.29, 0.717) is 56.5 Å². The van der Waals surface area contributed by atoms with Gasteiger partial charge in [-0.2, -0.15) is 13.2 Å². The Kier molecular flexibility index (Phi) is 9.15. The van der Waals surface area contributed by atoms with Gasteiger partial charge in [0, 0.05) is 24.4 Å². The molecule has 0 spiro atoms. The zero-order chi connectivity index (χ0) is 26.1. The number of rotatable bonds is 13. The highest BCUT2D eigenvalue weighted by atomic mass is 19.4. The first-order chi connectivity index (χ1) is 17.2. The van der Waals surface area contributed by atoms with Gasteiger partial charge in [0.15, 0.2) is 5.82 Å². The van der Waals surface area contributed by atoms with Crippen LogP contribution in [-0.4, -0.2) is 45.7 Å². The van der Waals surface area contributed by atoms with E-state index in [-0.39, 0.29) is 12.2 Å². The minimum absolute atomic E-state index is 0.0270. The molecular weight excluding hydrogens is 479 g/mol. The van der Waals surface area contributed by atoms with Crippen molar-refractivity contribution in [1.29, 1.82) is 0 Å². The van der Waals surface area contributed by atoms with E-state index in [1.807, 2.05) is 13.8 Å². The predicted octanol–water partition coefficient (Wildman–Crippen LogP) is 5.11. The predicted molar refractivity (Wildman–Crippen MR) is 125 cm³/mol. The maximum Gasteiger partial charge on any atom is 0.417 e. The quantitative estimate of drug-likeness (QED) is 0.321. The fourth-order valence-corrected chi connectivity index (χ4v) is 3.46. The van der Waals surface area contributed by atoms with E-state index in [0.717, 1.165) is 23.4 Å². The standard InChI is InChI=1S/C25H28F3N3O5/c1-3-34-20-9-10-21(17(14-20)7-12-23(32)33)36-13-5-6-18-16-31(30-24(18)35-4-2)22-11-8-19(15-29-22)25(26,27)28/h8-11,14-16H,3-7,12-13H2,1-2H3,(H,32,33). The van der Waals surface area contributed by atoms with E-state index in [1.54, 1.807) is 24.4 Å². The second-order valence-corrected chi connectivity index (χ2v) is 7.79. The molecule has 36 heavy (non-hydrogen) atoms. The Hall–Kier alpha value is -3.76. The van der Waals surface area contributed by atoms with Crippen LogP contribution in [-0.2, 0) is 23.8 Å². The number of pyridine rings is 1. The van der Waals surface area contributed by atoms with Crippen LogP contribution in [0.2, 0.25) is 0 Å². The van der Waals surface area contributed by atoms with Gasteiger partial charge < -0.3 is 19.3 Å². The Morgan fingerprint density at radius 1 is 1.03 bits per heavy atom. The van der Waals surface area contributed by atoms with Crippen molar-refractivity contribution < 1.29 is 37.3 Å². The smallest absolute Gasteiger partial charge is 0.417 e. The van der Waals surface area contributed by atoms with Crippen molar-refractivity contribution in [3.05, 3.63) is 59.4 Å². The summed E-state index contributed by atoms with van der Waals surface area (Å²) in [5, 5.41) is 13.4. The number of benzene rings is 1. The number of carbonyl (C=O) groups is 1. The van der Waals surface area contributed by atoms with Gasteiger partial charge in [0.05, 0.1) is 25.4 Å². The summed E-state index contributed by atoms with van der Waals surface area (Å²) in [5.41, 5.74) is 0.678. The van der Waals surface area contributed by atoms with E-state index in [1.165, 1.54) is 10.7 Å². The van der Waals surface area contributed by atoms with Gasteiger partial charge in [-0.05, 0) is 69.0 Å². The van der Waals surface area contributed by atoms with Gasteiger partial charge in [-0.1, -0.05) is 0 Å². The summed E-state index contributed by atoms with van der Waals surface area (Å²) in [4.78, 5) is 14.9. The lowest BCUT2D eigenvalue weighted by molar-refractivity contribution is -0.138. The van der Waals surface area contributed by atoms with Crippen LogP contribution < -0.4 is 14.2 Å². The third kappa shape index (κ3) is 7.37.